The molecule has 0 bridgehead atoms. The third-order valence-corrected chi connectivity index (χ3v) is 13.5. The first kappa shape index (κ1) is 19.5. The van der Waals surface area contributed by atoms with Crippen LogP contribution in [-0.4, -0.2) is 36.5 Å². The van der Waals surface area contributed by atoms with Crippen molar-refractivity contribution in [3.63, 3.8) is 0 Å². The van der Waals surface area contributed by atoms with Crippen LogP contribution in [0.4, 0.5) is 17.1 Å². The van der Waals surface area contributed by atoms with Gasteiger partial charge in [-0.05, 0) is 0 Å². The van der Waals surface area contributed by atoms with E-state index in [0.717, 1.165) is 12.6 Å². The van der Waals surface area contributed by atoms with Gasteiger partial charge in [0.15, 0.2) is 0 Å². The minimum absolute atomic E-state index is 0.217. The van der Waals surface area contributed by atoms with Crippen LogP contribution in [0.5, 0.6) is 0 Å². The number of benzene rings is 3. The van der Waals surface area contributed by atoms with Crippen molar-refractivity contribution >= 4 is 48.6 Å². The van der Waals surface area contributed by atoms with E-state index in [1.165, 1.54) is 6.07 Å². The van der Waals surface area contributed by atoms with Crippen LogP contribution in [0.15, 0.2) is 72.8 Å². The van der Waals surface area contributed by atoms with E-state index in [9.17, 15) is 30.3 Å². The van der Waals surface area contributed by atoms with Gasteiger partial charge in [-0.2, -0.15) is 0 Å². The molecule has 0 aliphatic rings. The molecule has 0 saturated carbocycles. The second-order valence-corrected chi connectivity index (χ2v) is 14.1. The summed E-state index contributed by atoms with van der Waals surface area (Å²) in [5.41, 5.74) is -2.74. The van der Waals surface area contributed by atoms with Gasteiger partial charge in [-0.15, -0.1) is 0 Å². The standard InChI is InChI=1S/C6H2N3O6.2C6H5.Bi/c10-7(11)4-2-1-3-5(8(12)13)6(4)9(14)15;2*1-2-4-6-5-3-1;/h1-2H;2*1-5H;. The molecule has 0 aliphatic carbocycles. The maximum atomic E-state index is 11.8. The number of hydrogen-bond acceptors (Lipinski definition) is 6. The van der Waals surface area contributed by atoms with Crippen molar-refractivity contribution in [1.29, 1.82) is 0 Å². The summed E-state index contributed by atoms with van der Waals surface area (Å²) in [4.78, 5) is 31.6. The Labute approximate surface area is 166 Å². The molecule has 0 atom stereocenters. The van der Waals surface area contributed by atoms with Gasteiger partial charge in [-0.3, -0.25) is 0 Å². The zero-order valence-electron chi connectivity index (χ0n) is 14.2. The summed E-state index contributed by atoms with van der Waals surface area (Å²) in [5.74, 6) is 0. The average molecular weight is 575 g/mol. The van der Waals surface area contributed by atoms with Crippen molar-refractivity contribution in [3.8, 4) is 0 Å². The number of nitro benzene ring substituents is 3. The van der Waals surface area contributed by atoms with Crippen LogP contribution in [0, 0.1) is 30.3 Å². The Morgan fingerprint density at radius 2 is 1.04 bits per heavy atom. The van der Waals surface area contributed by atoms with E-state index >= 15 is 0 Å². The van der Waals surface area contributed by atoms with Crippen molar-refractivity contribution in [2.24, 2.45) is 0 Å². The SMILES string of the molecule is O=[N+]([O-])c1cc[c]([Bi]([c]2ccccc2)[c]2ccccc2)c([N+](=O)[O-])c1[N+](=O)[O-]. The summed E-state index contributed by atoms with van der Waals surface area (Å²) in [6, 6.07) is 20.5. The van der Waals surface area contributed by atoms with Gasteiger partial charge in [-0.1, -0.05) is 0 Å². The summed E-state index contributed by atoms with van der Waals surface area (Å²) >= 11 is -3.33. The van der Waals surface area contributed by atoms with Crippen molar-refractivity contribution in [1.82, 2.24) is 0 Å². The van der Waals surface area contributed by atoms with Crippen LogP contribution < -0.4 is 9.81 Å². The quantitative estimate of drug-likeness (QED) is 0.251. The third-order valence-electron chi connectivity index (χ3n) is 3.94. The fourth-order valence-electron chi connectivity index (χ4n) is 2.83. The molecule has 0 aliphatic heterocycles. The molecule has 3 aromatic rings. The Balaban J connectivity index is 2.38. The van der Waals surface area contributed by atoms with Gasteiger partial charge in [0.1, 0.15) is 0 Å². The predicted octanol–water partition coefficient (Wildman–Crippen LogP) is 1.93. The molecule has 140 valence electrons. The number of nitrogens with zero attached hydrogens (tertiary/aromatic N) is 3. The molecule has 0 saturated heterocycles. The van der Waals surface area contributed by atoms with Crippen LogP contribution in [0.2, 0.25) is 0 Å². The third kappa shape index (κ3) is 3.72. The summed E-state index contributed by atoms with van der Waals surface area (Å²) in [6.07, 6.45) is 0. The molecule has 0 fully saturated rings. The Morgan fingerprint density at radius 3 is 1.43 bits per heavy atom. The van der Waals surface area contributed by atoms with E-state index in [1.54, 1.807) is 24.3 Å². The molecule has 0 aromatic heterocycles. The molecule has 10 heteroatoms. The van der Waals surface area contributed by atoms with Gasteiger partial charge in [0, 0.05) is 0 Å². The van der Waals surface area contributed by atoms with Crippen molar-refractivity contribution in [2.45, 2.75) is 0 Å². The molecule has 0 amide bonds. The summed E-state index contributed by atoms with van der Waals surface area (Å²) in [7, 11) is 0. The Bertz CT molecular complexity index is 1020. The molecule has 0 unspecified atom stereocenters. The first-order valence-corrected chi connectivity index (χ1v) is 13.1. The van der Waals surface area contributed by atoms with Crippen molar-refractivity contribution in [3.05, 3.63) is 103 Å². The van der Waals surface area contributed by atoms with E-state index in [1.807, 2.05) is 36.4 Å². The van der Waals surface area contributed by atoms with E-state index in [4.69, 9.17) is 0 Å². The minimum atomic E-state index is -3.33. The van der Waals surface area contributed by atoms with Crippen molar-refractivity contribution in [2.75, 3.05) is 0 Å². The molecule has 0 N–H and O–H groups in total. The topological polar surface area (TPSA) is 129 Å². The van der Waals surface area contributed by atoms with Crippen molar-refractivity contribution < 1.29 is 14.8 Å². The zero-order chi connectivity index (χ0) is 20.3. The van der Waals surface area contributed by atoms with E-state index in [0.29, 0.717) is 0 Å². The van der Waals surface area contributed by atoms with Gasteiger partial charge >= 0.3 is 167 Å². The molecule has 0 radical (unpaired) electrons. The maximum absolute atomic E-state index is 11.8. The van der Waals surface area contributed by atoms with Gasteiger partial charge in [-0.25, -0.2) is 0 Å². The molecule has 0 spiro atoms. The van der Waals surface area contributed by atoms with Crippen LogP contribution >= 0.6 is 0 Å². The Hall–Kier alpha value is -3.26. The first-order valence-electron chi connectivity index (χ1n) is 7.92. The van der Waals surface area contributed by atoms with E-state index in [-0.39, 0.29) is 3.27 Å². The molecule has 0 heterocycles. The van der Waals surface area contributed by atoms with Crippen LogP contribution in [0.25, 0.3) is 0 Å². The van der Waals surface area contributed by atoms with E-state index in [2.05, 4.69) is 0 Å². The zero-order valence-corrected chi connectivity index (χ0v) is 17.6. The monoisotopic (exact) mass is 575 g/mol. The number of rotatable bonds is 6. The normalized spacial score (nSPS) is 10.6. The molecular formula is C18H12BiN3O6. The first-order chi connectivity index (χ1) is 13.4. The summed E-state index contributed by atoms with van der Waals surface area (Å²) in [6.45, 7) is 0. The summed E-state index contributed by atoms with van der Waals surface area (Å²) < 4.78 is 1.96. The van der Waals surface area contributed by atoms with Crippen LogP contribution in [0.3, 0.4) is 0 Å². The second kappa shape index (κ2) is 8.18. The van der Waals surface area contributed by atoms with Gasteiger partial charge < -0.3 is 0 Å². The Kier molecular flexibility index (Phi) is 5.70. The van der Waals surface area contributed by atoms with Gasteiger partial charge in [0.05, 0.1) is 0 Å². The molecule has 3 aromatic carbocycles. The average Bonchev–Trinajstić information content (AvgIpc) is 2.69. The second-order valence-electron chi connectivity index (χ2n) is 5.58. The number of hydrogen-bond donors (Lipinski definition) is 0. The van der Waals surface area contributed by atoms with Gasteiger partial charge in [0.2, 0.25) is 0 Å². The summed E-state index contributed by atoms with van der Waals surface area (Å²) in [5, 5.41) is 34.5. The van der Waals surface area contributed by atoms with Crippen LogP contribution in [-0.2, 0) is 0 Å². The fourth-order valence-corrected chi connectivity index (χ4v) is 12.2. The Morgan fingerprint density at radius 1 is 0.571 bits per heavy atom. The molecule has 3 rings (SSSR count). The number of nitro groups is 3. The van der Waals surface area contributed by atoms with E-state index < -0.39 is 53.6 Å². The predicted molar refractivity (Wildman–Crippen MR) is 104 cm³/mol. The fraction of sp³-hybridized carbons (Fsp3) is 0. The molecule has 28 heavy (non-hydrogen) atoms. The molecule has 9 nitrogen and oxygen atoms in total. The van der Waals surface area contributed by atoms with Crippen LogP contribution in [0.1, 0.15) is 0 Å². The van der Waals surface area contributed by atoms with Gasteiger partial charge in [0.25, 0.3) is 0 Å². The molecular weight excluding hydrogens is 563 g/mol.